The van der Waals surface area contributed by atoms with Crippen LogP contribution in [0.3, 0.4) is 0 Å². The number of unbranched alkanes of at least 4 members (excludes halogenated alkanes) is 2. The smallest absolute Gasteiger partial charge is 0.280 e. The summed E-state index contributed by atoms with van der Waals surface area (Å²) in [5, 5.41) is 3.09. The third kappa shape index (κ3) is 5.36. The van der Waals surface area contributed by atoms with E-state index in [1.54, 1.807) is 6.07 Å². The van der Waals surface area contributed by atoms with Crippen molar-refractivity contribution in [3.8, 4) is 0 Å². The Morgan fingerprint density at radius 2 is 1.95 bits per heavy atom. The Balaban J connectivity index is 3.10. The van der Waals surface area contributed by atoms with E-state index >= 15 is 0 Å². The second-order valence-electron chi connectivity index (χ2n) is 4.96. The molecule has 122 valence electrons. The van der Waals surface area contributed by atoms with Gasteiger partial charge in [0, 0.05) is 18.4 Å². The van der Waals surface area contributed by atoms with E-state index in [4.69, 9.17) is 11.5 Å². The minimum Gasteiger partial charge on any atom is -0.384 e. The zero-order chi connectivity index (χ0) is 16.8. The van der Waals surface area contributed by atoms with E-state index < -0.39 is 15.7 Å². The molecule has 0 bridgehead atoms. The molecular weight excluding hydrogens is 304 g/mol. The van der Waals surface area contributed by atoms with E-state index in [2.05, 4.69) is 17.2 Å². The van der Waals surface area contributed by atoms with E-state index in [1.807, 2.05) is 0 Å². The summed E-state index contributed by atoms with van der Waals surface area (Å²) in [6.07, 6.45) is 4.16. The van der Waals surface area contributed by atoms with Gasteiger partial charge in [0.2, 0.25) is 0 Å². The summed E-state index contributed by atoms with van der Waals surface area (Å²) in [6.45, 7) is 2.75. The SMILES string of the molecule is CCCCCNc1ccc(C(=O)N=C(N)N)cc1S(C)(=O)=O. The molecule has 0 unspecified atom stereocenters. The molecule has 0 aliphatic heterocycles. The first-order chi connectivity index (χ1) is 10.3. The second kappa shape index (κ2) is 7.79. The van der Waals surface area contributed by atoms with Crippen LogP contribution >= 0.6 is 0 Å². The van der Waals surface area contributed by atoms with Gasteiger partial charge in [0.15, 0.2) is 15.8 Å². The first-order valence-corrected chi connectivity index (χ1v) is 8.86. The molecule has 22 heavy (non-hydrogen) atoms. The minimum absolute atomic E-state index is 0.0561. The molecule has 0 saturated carbocycles. The summed E-state index contributed by atoms with van der Waals surface area (Å²) in [5.74, 6) is -1.05. The van der Waals surface area contributed by atoms with Crippen LogP contribution in [0.4, 0.5) is 5.69 Å². The molecule has 0 atom stereocenters. The quantitative estimate of drug-likeness (QED) is 0.391. The van der Waals surface area contributed by atoms with Gasteiger partial charge >= 0.3 is 0 Å². The standard InChI is InChI=1S/C14H22N4O3S/c1-3-4-5-8-17-11-7-6-10(13(19)18-14(15)16)9-12(11)22(2,20)21/h6-7,9,17H,3-5,8H2,1-2H3,(H4,15,16,18,19). The van der Waals surface area contributed by atoms with Crippen molar-refractivity contribution in [3.05, 3.63) is 23.8 Å². The topological polar surface area (TPSA) is 128 Å². The van der Waals surface area contributed by atoms with Gasteiger partial charge in [-0.1, -0.05) is 19.8 Å². The highest BCUT2D eigenvalue weighted by Gasteiger charge is 2.16. The van der Waals surface area contributed by atoms with Gasteiger partial charge in [-0.15, -0.1) is 0 Å². The van der Waals surface area contributed by atoms with Crippen LogP contribution < -0.4 is 16.8 Å². The molecular formula is C14H22N4O3S. The van der Waals surface area contributed by atoms with Crippen LogP contribution in [0.15, 0.2) is 28.1 Å². The molecule has 5 N–H and O–H groups in total. The highest BCUT2D eigenvalue weighted by atomic mass is 32.2. The maximum atomic E-state index is 11.9. The van der Waals surface area contributed by atoms with Gasteiger partial charge < -0.3 is 16.8 Å². The number of benzene rings is 1. The highest BCUT2D eigenvalue weighted by molar-refractivity contribution is 7.90. The second-order valence-corrected chi connectivity index (χ2v) is 6.94. The monoisotopic (exact) mass is 326 g/mol. The van der Waals surface area contributed by atoms with Crippen molar-refractivity contribution in [2.75, 3.05) is 18.1 Å². The van der Waals surface area contributed by atoms with Crippen molar-refractivity contribution >= 4 is 27.4 Å². The first kappa shape index (κ1) is 18.0. The average molecular weight is 326 g/mol. The number of aliphatic imine (C=N–C) groups is 1. The fraction of sp³-hybridized carbons (Fsp3) is 0.429. The third-order valence-corrected chi connectivity index (χ3v) is 4.09. The van der Waals surface area contributed by atoms with Crippen LogP contribution in [0.5, 0.6) is 0 Å². The van der Waals surface area contributed by atoms with E-state index in [1.165, 1.54) is 12.1 Å². The fourth-order valence-electron chi connectivity index (χ4n) is 1.89. The number of rotatable bonds is 7. The molecule has 0 radical (unpaired) electrons. The molecule has 0 aliphatic carbocycles. The Labute approximate surface area is 130 Å². The number of nitrogens with two attached hydrogens (primary N) is 2. The van der Waals surface area contributed by atoms with Crippen LogP contribution in [0.1, 0.15) is 36.5 Å². The number of carbonyl (C=O) groups is 1. The lowest BCUT2D eigenvalue weighted by Crippen LogP contribution is -2.24. The van der Waals surface area contributed by atoms with E-state index in [0.717, 1.165) is 25.5 Å². The lowest BCUT2D eigenvalue weighted by Gasteiger charge is -2.11. The maximum Gasteiger partial charge on any atom is 0.280 e. The summed E-state index contributed by atoms with van der Waals surface area (Å²) in [4.78, 5) is 15.2. The van der Waals surface area contributed by atoms with E-state index in [9.17, 15) is 13.2 Å². The van der Waals surface area contributed by atoms with Gasteiger partial charge in [-0.25, -0.2) is 8.42 Å². The number of carbonyl (C=O) groups excluding carboxylic acids is 1. The maximum absolute atomic E-state index is 11.9. The van der Waals surface area contributed by atoms with Gasteiger partial charge in [0.05, 0.1) is 10.6 Å². The molecule has 0 aliphatic rings. The van der Waals surface area contributed by atoms with Crippen LogP contribution in [-0.4, -0.2) is 33.1 Å². The third-order valence-electron chi connectivity index (χ3n) is 2.95. The molecule has 0 aromatic heterocycles. The van der Waals surface area contributed by atoms with Gasteiger partial charge in [-0.2, -0.15) is 4.99 Å². The molecule has 1 rings (SSSR count). The Morgan fingerprint density at radius 3 is 2.50 bits per heavy atom. The average Bonchev–Trinajstić information content (AvgIpc) is 2.42. The van der Waals surface area contributed by atoms with Gasteiger partial charge in [0.1, 0.15) is 0 Å². The molecule has 0 heterocycles. The first-order valence-electron chi connectivity index (χ1n) is 6.97. The molecule has 1 aromatic rings. The molecule has 0 saturated heterocycles. The number of hydrogen-bond donors (Lipinski definition) is 3. The lowest BCUT2D eigenvalue weighted by molar-refractivity contribution is 0.100. The molecule has 8 heteroatoms. The molecule has 0 spiro atoms. The summed E-state index contributed by atoms with van der Waals surface area (Å²) in [7, 11) is -3.49. The molecule has 7 nitrogen and oxygen atoms in total. The Bertz CT molecular complexity index is 665. The van der Waals surface area contributed by atoms with Crippen molar-refractivity contribution in [1.29, 1.82) is 0 Å². The van der Waals surface area contributed by atoms with Crippen LogP contribution in [0.2, 0.25) is 0 Å². The summed E-state index contributed by atoms with van der Waals surface area (Å²) < 4.78 is 23.8. The zero-order valence-corrected chi connectivity index (χ0v) is 13.6. The predicted octanol–water partition coefficient (Wildman–Crippen LogP) is 1.11. The van der Waals surface area contributed by atoms with E-state index in [0.29, 0.717) is 12.2 Å². The highest BCUT2D eigenvalue weighted by Crippen LogP contribution is 2.23. The van der Waals surface area contributed by atoms with Crippen molar-refractivity contribution in [2.45, 2.75) is 31.1 Å². The van der Waals surface area contributed by atoms with Crippen molar-refractivity contribution in [2.24, 2.45) is 16.5 Å². The van der Waals surface area contributed by atoms with Gasteiger partial charge in [0.25, 0.3) is 5.91 Å². The number of sulfone groups is 1. The largest absolute Gasteiger partial charge is 0.384 e. The minimum atomic E-state index is -3.49. The summed E-state index contributed by atoms with van der Waals surface area (Å²) >= 11 is 0. The van der Waals surface area contributed by atoms with Crippen molar-refractivity contribution in [1.82, 2.24) is 0 Å². The summed E-state index contributed by atoms with van der Waals surface area (Å²) in [6, 6.07) is 4.33. The molecule has 0 fully saturated rings. The van der Waals surface area contributed by atoms with Gasteiger partial charge in [-0.05, 0) is 24.6 Å². The Hall–Kier alpha value is -2.09. The van der Waals surface area contributed by atoms with Crippen LogP contribution in [0.25, 0.3) is 0 Å². The number of nitrogens with zero attached hydrogens (tertiary/aromatic N) is 1. The van der Waals surface area contributed by atoms with E-state index in [-0.39, 0.29) is 16.4 Å². The number of amides is 1. The lowest BCUT2D eigenvalue weighted by atomic mass is 10.2. The normalized spacial score (nSPS) is 11.0. The summed E-state index contributed by atoms with van der Waals surface area (Å²) in [5.41, 5.74) is 10.9. The van der Waals surface area contributed by atoms with Crippen LogP contribution in [-0.2, 0) is 9.84 Å². The number of nitrogens with one attached hydrogen (secondary N) is 1. The zero-order valence-electron chi connectivity index (χ0n) is 12.8. The number of anilines is 1. The van der Waals surface area contributed by atoms with Gasteiger partial charge in [-0.3, -0.25) is 4.79 Å². The fourth-order valence-corrected chi connectivity index (χ4v) is 2.77. The van der Waals surface area contributed by atoms with Crippen molar-refractivity contribution in [3.63, 3.8) is 0 Å². The van der Waals surface area contributed by atoms with Crippen molar-refractivity contribution < 1.29 is 13.2 Å². The molecule has 1 aromatic carbocycles. The van der Waals surface area contributed by atoms with Crippen LogP contribution in [0, 0.1) is 0 Å². The number of guanidine groups is 1. The number of hydrogen-bond acceptors (Lipinski definition) is 4. The Morgan fingerprint density at radius 1 is 1.27 bits per heavy atom. The molecule has 1 amide bonds. The Kier molecular flexibility index (Phi) is 6.36. The predicted molar refractivity (Wildman–Crippen MR) is 87.7 cm³/mol.